The van der Waals surface area contributed by atoms with Gasteiger partial charge in [-0.3, -0.25) is 4.79 Å². The number of ether oxygens (including phenoxy) is 1. The van der Waals surface area contributed by atoms with Crippen LogP contribution in [0.1, 0.15) is 29.6 Å². The molecule has 0 bridgehead atoms. The van der Waals surface area contributed by atoms with Crippen LogP contribution in [0.2, 0.25) is 0 Å². The third-order valence-electron chi connectivity index (χ3n) is 2.94. The Kier molecular flexibility index (Phi) is 4.92. The highest BCUT2D eigenvalue weighted by Gasteiger charge is 2.15. The molecule has 21 heavy (non-hydrogen) atoms. The van der Waals surface area contributed by atoms with Gasteiger partial charge in [0.2, 0.25) is 0 Å². The molecule has 0 saturated carbocycles. The molecule has 0 spiro atoms. The molecule has 2 rings (SSSR count). The highest BCUT2D eigenvalue weighted by atomic mass is 19.1. The summed E-state index contributed by atoms with van der Waals surface area (Å²) in [5.41, 5.74) is 0.216. The molecule has 1 N–H and O–H groups in total. The minimum Gasteiger partial charge on any atom is -0.486 e. The van der Waals surface area contributed by atoms with Crippen LogP contribution in [0.15, 0.2) is 34.9 Å². The third-order valence-corrected chi connectivity index (χ3v) is 2.94. The zero-order valence-electron chi connectivity index (χ0n) is 11.9. The van der Waals surface area contributed by atoms with Crippen molar-refractivity contribution < 1.29 is 18.4 Å². The van der Waals surface area contributed by atoms with Crippen LogP contribution in [0.25, 0.3) is 0 Å². The van der Waals surface area contributed by atoms with E-state index in [1.54, 1.807) is 31.2 Å². The summed E-state index contributed by atoms with van der Waals surface area (Å²) in [4.78, 5) is 11.8. The minimum absolute atomic E-state index is 0.177. The molecule has 0 aliphatic carbocycles. The fraction of sp³-hybridized carbons (Fsp3) is 0.333. The van der Waals surface area contributed by atoms with Gasteiger partial charge < -0.3 is 14.6 Å². The molecule has 1 amide bonds. The molecule has 5 nitrogen and oxygen atoms in total. The van der Waals surface area contributed by atoms with E-state index in [2.05, 4.69) is 10.5 Å². The van der Waals surface area contributed by atoms with Crippen molar-refractivity contribution in [2.24, 2.45) is 0 Å². The van der Waals surface area contributed by atoms with Gasteiger partial charge in [-0.15, -0.1) is 0 Å². The largest absolute Gasteiger partial charge is 0.486 e. The summed E-state index contributed by atoms with van der Waals surface area (Å²) < 4.78 is 23.9. The molecule has 112 valence electrons. The highest BCUT2D eigenvalue weighted by Crippen LogP contribution is 2.17. The zero-order valence-corrected chi connectivity index (χ0v) is 11.9. The van der Waals surface area contributed by atoms with Gasteiger partial charge in [0.1, 0.15) is 11.9 Å². The normalized spacial score (nSPS) is 12.0. The Morgan fingerprint density at radius 3 is 2.86 bits per heavy atom. The topological polar surface area (TPSA) is 64.4 Å². The van der Waals surface area contributed by atoms with Crippen molar-refractivity contribution in [3.63, 3.8) is 0 Å². The van der Waals surface area contributed by atoms with Crippen LogP contribution in [-0.2, 0) is 0 Å². The molecule has 0 aliphatic rings. The standard InChI is InChI=1S/C15H17FN2O3/c1-3-11(20-14-7-5-4-6-12(14)16)9-17-15(19)13-8-10(2)21-18-13/h4-8,11H,3,9H2,1-2H3,(H,17,19)/t11-/m1/s1. The number of aromatic nitrogens is 1. The van der Waals surface area contributed by atoms with Crippen molar-refractivity contribution in [2.75, 3.05) is 6.54 Å². The SMILES string of the molecule is CC[C@H](CNC(=O)c1cc(C)on1)Oc1ccccc1F. The van der Waals surface area contributed by atoms with E-state index in [4.69, 9.17) is 9.26 Å². The molecule has 0 aliphatic heterocycles. The Balaban J connectivity index is 1.91. The number of hydrogen-bond donors (Lipinski definition) is 1. The van der Waals surface area contributed by atoms with Crippen LogP contribution >= 0.6 is 0 Å². The summed E-state index contributed by atoms with van der Waals surface area (Å²) in [5, 5.41) is 6.32. The third kappa shape index (κ3) is 4.05. The predicted octanol–water partition coefficient (Wildman–Crippen LogP) is 2.71. The number of nitrogens with one attached hydrogen (secondary N) is 1. The first kappa shape index (κ1) is 15.0. The number of halogens is 1. The lowest BCUT2D eigenvalue weighted by Crippen LogP contribution is -2.35. The average Bonchev–Trinajstić information content (AvgIpc) is 2.91. The first-order valence-corrected chi connectivity index (χ1v) is 6.73. The second-order valence-electron chi connectivity index (χ2n) is 4.61. The average molecular weight is 292 g/mol. The van der Waals surface area contributed by atoms with Crippen LogP contribution in [0, 0.1) is 12.7 Å². The fourth-order valence-electron chi connectivity index (χ4n) is 1.76. The fourth-order valence-corrected chi connectivity index (χ4v) is 1.76. The maximum absolute atomic E-state index is 13.5. The van der Waals surface area contributed by atoms with Gasteiger partial charge in [-0.25, -0.2) is 4.39 Å². The van der Waals surface area contributed by atoms with Gasteiger partial charge in [0, 0.05) is 6.07 Å². The number of aryl methyl sites for hydroxylation is 1. The number of amides is 1. The van der Waals surface area contributed by atoms with Gasteiger partial charge in [0.05, 0.1) is 6.54 Å². The Morgan fingerprint density at radius 2 is 2.24 bits per heavy atom. The molecule has 1 atom stereocenters. The van der Waals surface area contributed by atoms with Gasteiger partial charge >= 0.3 is 0 Å². The van der Waals surface area contributed by atoms with Crippen molar-refractivity contribution >= 4 is 5.91 Å². The van der Waals surface area contributed by atoms with E-state index in [9.17, 15) is 9.18 Å². The number of hydrogen-bond acceptors (Lipinski definition) is 4. The second kappa shape index (κ2) is 6.88. The lowest BCUT2D eigenvalue weighted by molar-refractivity contribution is 0.0915. The van der Waals surface area contributed by atoms with E-state index in [0.29, 0.717) is 12.2 Å². The Hall–Kier alpha value is -2.37. The van der Waals surface area contributed by atoms with E-state index in [1.807, 2.05) is 6.92 Å². The van der Waals surface area contributed by atoms with Gasteiger partial charge in [0.15, 0.2) is 17.3 Å². The summed E-state index contributed by atoms with van der Waals surface area (Å²) in [6.07, 6.45) is 0.311. The van der Waals surface area contributed by atoms with Crippen molar-refractivity contribution in [3.05, 3.63) is 47.6 Å². The van der Waals surface area contributed by atoms with E-state index in [0.717, 1.165) is 0 Å². The van der Waals surface area contributed by atoms with E-state index in [-0.39, 0.29) is 30.0 Å². The van der Waals surface area contributed by atoms with E-state index < -0.39 is 5.82 Å². The van der Waals surface area contributed by atoms with Crippen LogP contribution in [0.3, 0.4) is 0 Å². The molecule has 1 aromatic carbocycles. The Morgan fingerprint density at radius 1 is 1.48 bits per heavy atom. The summed E-state index contributed by atoms with van der Waals surface area (Å²) in [6, 6.07) is 7.73. The number of para-hydroxylation sites is 1. The van der Waals surface area contributed by atoms with Crippen LogP contribution < -0.4 is 10.1 Å². The molecular weight excluding hydrogens is 275 g/mol. The molecule has 1 heterocycles. The van der Waals surface area contributed by atoms with Crippen molar-refractivity contribution in [1.82, 2.24) is 10.5 Å². The minimum atomic E-state index is -0.422. The number of rotatable bonds is 6. The summed E-state index contributed by atoms with van der Waals surface area (Å²) in [5.74, 6) is -0.0255. The Bertz CT molecular complexity index is 612. The molecule has 0 unspecified atom stereocenters. The molecule has 2 aromatic rings. The van der Waals surface area contributed by atoms with Gasteiger partial charge in [-0.05, 0) is 25.5 Å². The van der Waals surface area contributed by atoms with Crippen molar-refractivity contribution in [3.8, 4) is 5.75 Å². The van der Waals surface area contributed by atoms with E-state index >= 15 is 0 Å². The number of carbonyl (C=O) groups excluding carboxylic acids is 1. The molecule has 0 saturated heterocycles. The zero-order chi connectivity index (χ0) is 15.2. The van der Waals surface area contributed by atoms with E-state index in [1.165, 1.54) is 6.07 Å². The summed E-state index contributed by atoms with van der Waals surface area (Å²) >= 11 is 0. The van der Waals surface area contributed by atoms with Gasteiger partial charge in [-0.2, -0.15) is 0 Å². The lowest BCUT2D eigenvalue weighted by Gasteiger charge is -2.18. The monoisotopic (exact) mass is 292 g/mol. The molecular formula is C15H17FN2O3. The highest BCUT2D eigenvalue weighted by molar-refractivity contribution is 5.92. The molecule has 6 heteroatoms. The maximum atomic E-state index is 13.5. The predicted molar refractivity (Wildman–Crippen MR) is 74.7 cm³/mol. The second-order valence-corrected chi connectivity index (χ2v) is 4.61. The van der Waals surface area contributed by atoms with Gasteiger partial charge in [-0.1, -0.05) is 24.2 Å². The van der Waals surface area contributed by atoms with Crippen LogP contribution in [0.5, 0.6) is 5.75 Å². The number of nitrogens with zero attached hydrogens (tertiary/aromatic N) is 1. The van der Waals surface area contributed by atoms with Crippen molar-refractivity contribution in [2.45, 2.75) is 26.4 Å². The van der Waals surface area contributed by atoms with Crippen LogP contribution in [-0.4, -0.2) is 23.7 Å². The lowest BCUT2D eigenvalue weighted by atomic mass is 10.2. The summed E-state index contributed by atoms with van der Waals surface area (Å²) in [7, 11) is 0. The Labute approximate surface area is 122 Å². The smallest absolute Gasteiger partial charge is 0.273 e. The first-order chi connectivity index (χ1) is 10.1. The number of benzene rings is 1. The molecule has 1 aromatic heterocycles. The molecule has 0 fully saturated rings. The number of carbonyl (C=O) groups is 1. The van der Waals surface area contributed by atoms with Crippen LogP contribution in [0.4, 0.5) is 4.39 Å². The quantitative estimate of drug-likeness (QED) is 0.889. The molecule has 0 radical (unpaired) electrons. The first-order valence-electron chi connectivity index (χ1n) is 6.73. The maximum Gasteiger partial charge on any atom is 0.273 e. The summed E-state index contributed by atoms with van der Waals surface area (Å²) in [6.45, 7) is 3.87. The van der Waals surface area contributed by atoms with Gasteiger partial charge in [0.25, 0.3) is 5.91 Å². The van der Waals surface area contributed by atoms with Crippen molar-refractivity contribution in [1.29, 1.82) is 0 Å².